The van der Waals surface area contributed by atoms with E-state index in [0.29, 0.717) is 17.4 Å². The van der Waals surface area contributed by atoms with E-state index in [1.165, 1.54) is 0 Å². The summed E-state index contributed by atoms with van der Waals surface area (Å²) >= 11 is 0. The molecular weight excluding hydrogens is 148 g/mol. The molecule has 58 valence electrons. The molecule has 3 heteroatoms. The Hall–Kier alpha value is -0.0500. The molecule has 0 bridgehead atoms. The lowest BCUT2D eigenvalue weighted by atomic mass is 9.95. The smallest absolute Gasteiger partial charge is 0.151 e. The number of sulfone groups is 1. The molecule has 0 amide bonds. The second-order valence-corrected chi connectivity index (χ2v) is 5.93. The van der Waals surface area contributed by atoms with E-state index in [4.69, 9.17) is 0 Å². The summed E-state index contributed by atoms with van der Waals surface area (Å²) in [6, 6.07) is 0. The van der Waals surface area contributed by atoms with Crippen LogP contribution in [-0.4, -0.2) is 19.9 Å². The second-order valence-electron chi connectivity index (χ2n) is 3.82. The van der Waals surface area contributed by atoms with Gasteiger partial charge in [0.1, 0.15) is 0 Å². The van der Waals surface area contributed by atoms with Gasteiger partial charge in [0.25, 0.3) is 0 Å². The first kappa shape index (κ1) is 6.65. The topological polar surface area (TPSA) is 34.1 Å². The van der Waals surface area contributed by atoms with E-state index in [1.54, 1.807) is 0 Å². The molecule has 0 aromatic heterocycles. The molecule has 2 aliphatic rings. The van der Waals surface area contributed by atoms with Gasteiger partial charge in [-0.05, 0) is 24.2 Å². The van der Waals surface area contributed by atoms with Gasteiger partial charge in [-0.1, -0.05) is 6.92 Å². The first-order chi connectivity index (χ1) is 4.54. The number of hydrogen-bond donors (Lipinski definition) is 0. The molecular formula is C7H12O2S. The van der Waals surface area contributed by atoms with Crippen LogP contribution in [0.1, 0.15) is 19.8 Å². The Bertz CT molecular complexity index is 249. The van der Waals surface area contributed by atoms with Crippen molar-refractivity contribution in [2.45, 2.75) is 19.8 Å². The van der Waals surface area contributed by atoms with Gasteiger partial charge in [-0.25, -0.2) is 8.42 Å². The highest BCUT2D eigenvalue weighted by molar-refractivity contribution is 7.91. The summed E-state index contributed by atoms with van der Waals surface area (Å²) in [6.45, 7) is 2.07. The molecule has 1 saturated carbocycles. The highest BCUT2D eigenvalue weighted by Crippen LogP contribution is 2.56. The zero-order valence-corrected chi connectivity index (χ0v) is 6.95. The van der Waals surface area contributed by atoms with Crippen molar-refractivity contribution in [1.29, 1.82) is 0 Å². The van der Waals surface area contributed by atoms with Gasteiger partial charge in [-0.15, -0.1) is 0 Å². The van der Waals surface area contributed by atoms with Gasteiger partial charge in [-0.3, -0.25) is 0 Å². The average molecular weight is 160 g/mol. The fourth-order valence-electron chi connectivity index (χ4n) is 1.99. The van der Waals surface area contributed by atoms with Crippen LogP contribution in [0, 0.1) is 11.3 Å². The predicted octanol–water partition coefficient (Wildman–Crippen LogP) is 0.831. The van der Waals surface area contributed by atoms with Crippen molar-refractivity contribution < 1.29 is 8.42 Å². The minimum absolute atomic E-state index is 0.249. The molecule has 1 atom stereocenters. The summed E-state index contributed by atoms with van der Waals surface area (Å²) < 4.78 is 22.2. The Labute approximate surface area is 61.5 Å². The Morgan fingerprint density at radius 3 is 2.20 bits per heavy atom. The average Bonchev–Trinajstić information content (AvgIpc) is 2.40. The fraction of sp³-hybridized carbons (Fsp3) is 1.00. The summed E-state index contributed by atoms with van der Waals surface area (Å²) in [6.07, 6.45) is 2.29. The van der Waals surface area contributed by atoms with Gasteiger partial charge >= 0.3 is 0 Å². The van der Waals surface area contributed by atoms with E-state index in [0.717, 1.165) is 12.8 Å². The van der Waals surface area contributed by atoms with Crippen molar-refractivity contribution >= 4 is 9.84 Å². The standard InChI is InChI=1S/C7H12O2S/c1-6-4-10(8,9)5-7(6)2-3-7/h6H,2-5H2,1H3/t6-/m1/s1. The Balaban J connectivity index is 2.31. The molecule has 1 saturated heterocycles. The Morgan fingerprint density at radius 1 is 1.40 bits per heavy atom. The minimum atomic E-state index is -2.64. The molecule has 1 spiro atoms. The van der Waals surface area contributed by atoms with Crippen molar-refractivity contribution in [3.8, 4) is 0 Å². The van der Waals surface area contributed by atoms with Crippen molar-refractivity contribution in [1.82, 2.24) is 0 Å². The molecule has 2 rings (SSSR count). The lowest BCUT2D eigenvalue weighted by Gasteiger charge is -2.07. The third kappa shape index (κ3) is 0.797. The molecule has 1 aliphatic heterocycles. The molecule has 10 heavy (non-hydrogen) atoms. The maximum atomic E-state index is 11.1. The van der Waals surface area contributed by atoms with Gasteiger partial charge in [-0.2, -0.15) is 0 Å². The summed E-state index contributed by atoms with van der Waals surface area (Å²) in [5.74, 6) is 1.34. The van der Waals surface area contributed by atoms with Crippen LogP contribution in [0.5, 0.6) is 0 Å². The van der Waals surface area contributed by atoms with Gasteiger partial charge < -0.3 is 0 Å². The van der Waals surface area contributed by atoms with Crippen LogP contribution in [0.15, 0.2) is 0 Å². The third-order valence-corrected chi connectivity index (χ3v) is 4.97. The quantitative estimate of drug-likeness (QED) is 0.526. The van der Waals surface area contributed by atoms with Gasteiger partial charge in [0.15, 0.2) is 9.84 Å². The number of rotatable bonds is 0. The van der Waals surface area contributed by atoms with E-state index in [1.807, 2.05) is 0 Å². The summed E-state index contributed by atoms with van der Waals surface area (Å²) in [5.41, 5.74) is 0.249. The van der Waals surface area contributed by atoms with Crippen LogP contribution >= 0.6 is 0 Å². The minimum Gasteiger partial charge on any atom is -0.229 e. The lowest BCUT2D eigenvalue weighted by Crippen LogP contribution is -2.08. The predicted molar refractivity (Wildman–Crippen MR) is 39.5 cm³/mol. The van der Waals surface area contributed by atoms with Gasteiger partial charge in [0.05, 0.1) is 11.5 Å². The molecule has 0 aromatic rings. The Morgan fingerprint density at radius 2 is 2.00 bits per heavy atom. The van der Waals surface area contributed by atoms with Crippen LogP contribution in [-0.2, 0) is 9.84 Å². The fourth-order valence-corrected chi connectivity index (χ4v) is 4.68. The van der Waals surface area contributed by atoms with E-state index in [9.17, 15) is 8.42 Å². The van der Waals surface area contributed by atoms with Crippen LogP contribution in [0.3, 0.4) is 0 Å². The van der Waals surface area contributed by atoms with E-state index in [2.05, 4.69) is 6.92 Å². The first-order valence-electron chi connectivity index (χ1n) is 3.75. The lowest BCUT2D eigenvalue weighted by molar-refractivity contribution is 0.433. The number of hydrogen-bond acceptors (Lipinski definition) is 2. The van der Waals surface area contributed by atoms with Gasteiger partial charge in [0, 0.05) is 0 Å². The molecule has 0 radical (unpaired) electrons. The van der Waals surface area contributed by atoms with Crippen LogP contribution in [0.4, 0.5) is 0 Å². The largest absolute Gasteiger partial charge is 0.229 e. The SMILES string of the molecule is C[C@@H]1CS(=O)(=O)CC12CC2. The van der Waals surface area contributed by atoms with E-state index >= 15 is 0 Å². The van der Waals surface area contributed by atoms with Crippen molar-refractivity contribution in [3.05, 3.63) is 0 Å². The zero-order chi connectivity index (χ0) is 7.41. The highest BCUT2D eigenvalue weighted by Gasteiger charge is 2.55. The molecule has 1 aliphatic carbocycles. The maximum Gasteiger partial charge on any atom is 0.151 e. The van der Waals surface area contributed by atoms with Crippen molar-refractivity contribution in [2.75, 3.05) is 11.5 Å². The second kappa shape index (κ2) is 1.58. The first-order valence-corrected chi connectivity index (χ1v) is 5.57. The third-order valence-electron chi connectivity index (χ3n) is 2.95. The zero-order valence-electron chi connectivity index (χ0n) is 6.13. The summed E-state index contributed by atoms with van der Waals surface area (Å²) in [4.78, 5) is 0. The van der Waals surface area contributed by atoms with Crippen LogP contribution in [0.2, 0.25) is 0 Å². The highest BCUT2D eigenvalue weighted by atomic mass is 32.2. The molecule has 0 aromatic carbocycles. The van der Waals surface area contributed by atoms with E-state index in [-0.39, 0.29) is 5.41 Å². The Kier molecular flexibility index (Phi) is 1.05. The van der Waals surface area contributed by atoms with Crippen LogP contribution in [0.25, 0.3) is 0 Å². The molecule has 2 fully saturated rings. The van der Waals surface area contributed by atoms with Crippen molar-refractivity contribution in [2.24, 2.45) is 11.3 Å². The van der Waals surface area contributed by atoms with Crippen LogP contribution < -0.4 is 0 Å². The normalized spacial score (nSPS) is 40.3. The molecule has 0 unspecified atom stereocenters. The molecule has 0 N–H and O–H groups in total. The molecule has 1 heterocycles. The molecule has 2 nitrogen and oxygen atoms in total. The summed E-state index contributed by atoms with van der Waals surface area (Å²) in [7, 11) is -2.64. The van der Waals surface area contributed by atoms with Crippen molar-refractivity contribution in [3.63, 3.8) is 0 Å². The van der Waals surface area contributed by atoms with E-state index < -0.39 is 9.84 Å². The maximum absolute atomic E-state index is 11.1. The summed E-state index contributed by atoms with van der Waals surface area (Å²) in [5, 5.41) is 0. The monoisotopic (exact) mass is 160 g/mol. The van der Waals surface area contributed by atoms with Gasteiger partial charge in [0.2, 0.25) is 0 Å².